The van der Waals surface area contributed by atoms with E-state index in [9.17, 15) is 0 Å². The van der Waals surface area contributed by atoms with E-state index in [1.807, 2.05) is 12.1 Å². The molecule has 2 rings (SSSR count). The maximum Gasteiger partial charge on any atom is 0.0366 e. The summed E-state index contributed by atoms with van der Waals surface area (Å²) in [5.74, 6) is 0. The molecule has 0 aromatic heterocycles. The Bertz CT molecular complexity index is 505. The smallest absolute Gasteiger partial charge is 0.0366 e. The van der Waals surface area contributed by atoms with Crippen molar-refractivity contribution >= 4 is 11.4 Å². The molecule has 0 spiro atoms. The van der Waals surface area contributed by atoms with Crippen molar-refractivity contribution in [1.82, 2.24) is 0 Å². The number of nitrogens with zero attached hydrogens (tertiary/aromatic N) is 1. The molecular formula is C19H26N2. The summed E-state index contributed by atoms with van der Waals surface area (Å²) in [4.78, 5) is 2.50. The third-order valence-corrected chi connectivity index (χ3v) is 3.78. The van der Waals surface area contributed by atoms with Gasteiger partial charge >= 0.3 is 0 Å². The molecule has 0 saturated carbocycles. The molecule has 0 unspecified atom stereocenters. The van der Waals surface area contributed by atoms with Crippen molar-refractivity contribution in [3.63, 3.8) is 0 Å². The van der Waals surface area contributed by atoms with Gasteiger partial charge in [0.1, 0.15) is 0 Å². The largest absolute Gasteiger partial charge is 0.399 e. The first-order valence-corrected chi connectivity index (χ1v) is 7.94. The van der Waals surface area contributed by atoms with Gasteiger partial charge in [0, 0.05) is 24.5 Å². The molecule has 0 radical (unpaired) electrons. The molecule has 21 heavy (non-hydrogen) atoms. The van der Waals surface area contributed by atoms with Crippen molar-refractivity contribution in [3.05, 3.63) is 60.2 Å². The summed E-state index contributed by atoms with van der Waals surface area (Å²) in [6, 6.07) is 19.0. The molecule has 112 valence electrons. The maximum atomic E-state index is 5.73. The first-order valence-electron chi connectivity index (χ1n) is 7.94. The molecular weight excluding hydrogens is 256 g/mol. The van der Waals surface area contributed by atoms with E-state index in [1.54, 1.807) is 0 Å². The second-order valence-electron chi connectivity index (χ2n) is 5.52. The lowest BCUT2D eigenvalue weighted by Gasteiger charge is -2.24. The number of nitrogen functional groups attached to an aromatic ring is 1. The van der Waals surface area contributed by atoms with Crippen LogP contribution >= 0.6 is 0 Å². The summed E-state index contributed by atoms with van der Waals surface area (Å²) < 4.78 is 0. The number of benzene rings is 2. The molecule has 0 amide bonds. The van der Waals surface area contributed by atoms with Gasteiger partial charge in [-0.25, -0.2) is 0 Å². The van der Waals surface area contributed by atoms with Gasteiger partial charge in [0.15, 0.2) is 0 Å². The number of aryl methyl sites for hydroxylation is 1. The van der Waals surface area contributed by atoms with Crippen molar-refractivity contribution in [1.29, 1.82) is 0 Å². The zero-order chi connectivity index (χ0) is 14.9. The van der Waals surface area contributed by atoms with Crippen LogP contribution < -0.4 is 10.6 Å². The van der Waals surface area contributed by atoms with Crippen LogP contribution in [-0.4, -0.2) is 13.1 Å². The van der Waals surface area contributed by atoms with Gasteiger partial charge in [0.2, 0.25) is 0 Å². The van der Waals surface area contributed by atoms with Crippen LogP contribution in [0.25, 0.3) is 0 Å². The topological polar surface area (TPSA) is 29.3 Å². The fraction of sp³-hybridized carbons (Fsp3) is 0.368. The Hall–Kier alpha value is -1.96. The van der Waals surface area contributed by atoms with Crippen molar-refractivity contribution in [2.75, 3.05) is 23.7 Å². The number of hydrogen-bond acceptors (Lipinski definition) is 2. The van der Waals surface area contributed by atoms with Gasteiger partial charge in [-0.15, -0.1) is 0 Å². The Kier molecular flexibility index (Phi) is 6.14. The highest BCUT2D eigenvalue weighted by molar-refractivity contribution is 5.46. The number of hydrogen-bond donors (Lipinski definition) is 1. The van der Waals surface area contributed by atoms with Crippen molar-refractivity contribution in [2.45, 2.75) is 32.6 Å². The van der Waals surface area contributed by atoms with Crippen LogP contribution in [0.2, 0.25) is 0 Å². The van der Waals surface area contributed by atoms with E-state index in [0.29, 0.717) is 0 Å². The number of anilines is 2. The molecule has 0 aliphatic carbocycles. The van der Waals surface area contributed by atoms with E-state index in [-0.39, 0.29) is 0 Å². The Morgan fingerprint density at radius 1 is 0.857 bits per heavy atom. The lowest BCUT2D eigenvalue weighted by Crippen LogP contribution is -2.25. The van der Waals surface area contributed by atoms with Crippen LogP contribution in [0.15, 0.2) is 54.6 Å². The molecule has 0 aliphatic rings. The maximum absolute atomic E-state index is 5.73. The van der Waals surface area contributed by atoms with E-state index in [1.165, 1.54) is 30.5 Å². The minimum atomic E-state index is 0.840. The van der Waals surface area contributed by atoms with Crippen LogP contribution in [0.4, 0.5) is 11.4 Å². The normalized spacial score (nSPS) is 10.5. The van der Waals surface area contributed by atoms with Gasteiger partial charge in [-0.05, 0) is 49.1 Å². The summed E-state index contributed by atoms with van der Waals surface area (Å²) in [5.41, 5.74) is 9.27. The number of para-hydroxylation sites is 1. The first kappa shape index (κ1) is 15.4. The van der Waals surface area contributed by atoms with Gasteiger partial charge in [-0.3, -0.25) is 0 Å². The van der Waals surface area contributed by atoms with E-state index in [2.05, 4.69) is 54.3 Å². The van der Waals surface area contributed by atoms with E-state index in [0.717, 1.165) is 25.2 Å². The average molecular weight is 282 g/mol. The Balaban J connectivity index is 1.88. The summed E-state index contributed by atoms with van der Waals surface area (Å²) in [5, 5.41) is 0. The lowest BCUT2D eigenvalue weighted by molar-refractivity contribution is 0.685. The Morgan fingerprint density at radius 2 is 1.52 bits per heavy atom. The summed E-state index contributed by atoms with van der Waals surface area (Å²) in [7, 11) is 0. The number of nitrogens with two attached hydrogens (primary N) is 1. The molecule has 0 heterocycles. The van der Waals surface area contributed by atoms with Crippen molar-refractivity contribution in [2.24, 2.45) is 0 Å². The second kappa shape index (κ2) is 8.35. The van der Waals surface area contributed by atoms with E-state index >= 15 is 0 Å². The predicted octanol–water partition coefficient (Wildman–Crippen LogP) is 4.51. The predicted molar refractivity (Wildman–Crippen MR) is 92.7 cm³/mol. The zero-order valence-corrected chi connectivity index (χ0v) is 13.0. The molecule has 2 aromatic carbocycles. The summed E-state index contributed by atoms with van der Waals surface area (Å²) >= 11 is 0. The zero-order valence-electron chi connectivity index (χ0n) is 13.0. The molecule has 2 aromatic rings. The minimum absolute atomic E-state index is 0.840. The van der Waals surface area contributed by atoms with E-state index < -0.39 is 0 Å². The average Bonchev–Trinajstić information content (AvgIpc) is 2.53. The minimum Gasteiger partial charge on any atom is -0.399 e. The Labute approximate surface area is 128 Å². The van der Waals surface area contributed by atoms with Gasteiger partial charge in [-0.1, -0.05) is 43.7 Å². The van der Waals surface area contributed by atoms with Gasteiger partial charge in [0.05, 0.1) is 0 Å². The molecule has 0 bridgehead atoms. The standard InChI is InChI=1S/C19H26N2/c1-2-3-15-21(19-9-5-4-6-10-19)16-7-8-17-11-13-18(20)14-12-17/h4-6,9-14H,2-3,7-8,15-16,20H2,1H3. The molecule has 0 fully saturated rings. The summed E-state index contributed by atoms with van der Waals surface area (Å²) in [6.45, 7) is 4.49. The lowest BCUT2D eigenvalue weighted by atomic mass is 10.1. The van der Waals surface area contributed by atoms with Gasteiger partial charge in [0.25, 0.3) is 0 Å². The molecule has 0 atom stereocenters. The highest BCUT2D eigenvalue weighted by Gasteiger charge is 2.05. The first-order chi connectivity index (χ1) is 10.3. The molecule has 2 nitrogen and oxygen atoms in total. The third kappa shape index (κ3) is 5.14. The number of rotatable bonds is 8. The molecule has 0 saturated heterocycles. The third-order valence-electron chi connectivity index (χ3n) is 3.78. The molecule has 0 aliphatic heterocycles. The fourth-order valence-electron chi connectivity index (χ4n) is 2.52. The van der Waals surface area contributed by atoms with Gasteiger partial charge in [-0.2, -0.15) is 0 Å². The monoisotopic (exact) mass is 282 g/mol. The Morgan fingerprint density at radius 3 is 2.19 bits per heavy atom. The van der Waals surface area contributed by atoms with E-state index in [4.69, 9.17) is 5.73 Å². The van der Waals surface area contributed by atoms with Crippen LogP contribution in [0.3, 0.4) is 0 Å². The summed E-state index contributed by atoms with van der Waals surface area (Å²) in [6.07, 6.45) is 4.76. The second-order valence-corrected chi connectivity index (χ2v) is 5.52. The molecule has 2 heteroatoms. The van der Waals surface area contributed by atoms with Crippen LogP contribution in [0.5, 0.6) is 0 Å². The van der Waals surface area contributed by atoms with Crippen LogP contribution in [0.1, 0.15) is 31.7 Å². The highest BCUT2D eigenvalue weighted by atomic mass is 15.1. The quantitative estimate of drug-likeness (QED) is 0.722. The van der Waals surface area contributed by atoms with Gasteiger partial charge < -0.3 is 10.6 Å². The fourth-order valence-corrected chi connectivity index (χ4v) is 2.52. The van der Waals surface area contributed by atoms with Crippen molar-refractivity contribution in [3.8, 4) is 0 Å². The SMILES string of the molecule is CCCCN(CCCc1ccc(N)cc1)c1ccccc1. The van der Waals surface area contributed by atoms with Crippen LogP contribution in [0, 0.1) is 0 Å². The number of unbranched alkanes of at least 4 members (excludes halogenated alkanes) is 1. The highest BCUT2D eigenvalue weighted by Crippen LogP contribution is 2.16. The molecule has 2 N–H and O–H groups in total. The van der Waals surface area contributed by atoms with Crippen molar-refractivity contribution < 1.29 is 0 Å². The van der Waals surface area contributed by atoms with Crippen LogP contribution in [-0.2, 0) is 6.42 Å².